The van der Waals surface area contributed by atoms with Crippen molar-refractivity contribution in [1.82, 2.24) is 5.32 Å². The number of alkyl halides is 3. The highest BCUT2D eigenvalue weighted by atomic mass is 32.2. The molecule has 100 valence electrons. The van der Waals surface area contributed by atoms with Gasteiger partial charge in [0.05, 0.1) is 0 Å². The van der Waals surface area contributed by atoms with E-state index >= 15 is 0 Å². The van der Waals surface area contributed by atoms with Gasteiger partial charge in [-0.3, -0.25) is 0 Å². The van der Waals surface area contributed by atoms with Crippen molar-refractivity contribution in [1.29, 1.82) is 0 Å². The molecular formula is C13H16F3NS. The number of hydrogen-bond donors (Lipinski definition) is 1. The molecule has 0 spiro atoms. The van der Waals surface area contributed by atoms with Crippen molar-refractivity contribution in [2.24, 2.45) is 0 Å². The second-order valence-electron chi connectivity index (χ2n) is 4.40. The molecule has 0 aliphatic carbocycles. The van der Waals surface area contributed by atoms with Gasteiger partial charge in [0.2, 0.25) is 0 Å². The first-order chi connectivity index (χ1) is 8.56. The molecule has 1 N–H and O–H groups in total. The van der Waals surface area contributed by atoms with Gasteiger partial charge in [0.1, 0.15) is 0 Å². The van der Waals surface area contributed by atoms with Gasteiger partial charge in [-0.05, 0) is 36.8 Å². The lowest BCUT2D eigenvalue weighted by atomic mass is 10.0. The van der Waals surface area contributed by atoms with E-state index in [2.05, 4.69) is 17.4 Å². The van der Waals surface area contributed by atoms with Crippen molar-refractivity contribution in [3.63, 3.8) is 0 Å². The summed E-state index contributed by atoms with van der Waals surface area (Å²) >= 11 is 1.82. The van der Waals surface area contributed by atoms with Crippen molar-refractivity contribution in [2.75, 3.05) is 12.3 Å². The zero-order valence-corrected chi connectivity index (χ0v) is 10.8. The van der Waals surface area contributed by atoms with Crippen LogP contribution in [0.2, 0.25) is 0 Å². The van der Waals surface area contributed by atoms with E-state index in [0.717, 1.165) is 12.2 Å². The normalized spacial score (nSPS) is 19.6. The maximum Gasteiger partial charge on any atom is 0.389 e. The number of nitrogens with one attached hydrogen (secondary N) is 1. The Kier molecular flexibility index (Phi) is 4.56. The average molecular weight is 275 g/mol. The van der Waals surface area contributed by atoms with Crippen LogP contribution in [0.4, 0.5) is 13.2 Å². The van der Waals surface area contributed by atoms with Crippen molar-refractivity contribution in [3.8, 4) is 0 Å². The largest absolute Gasteiger partial charge is 0.389 e. The fourth-order valence-electron chi connectivity index (χ4n) is 2.12. The summed E-state index contributed by atoms with van der Waals surface area (Å²) < 4.78 is 36.1. The molecule has 0 amide bonds. The van der Waals surface area contributed by atoms with Crippen LogP contribution in [-0.2, 0) is 0 Å². The predicted molar refractivity (Wildman–Crippen MR) is 67.8 cm³/mol. The summed E-state index contributed by atoms with van der Waals surface area (Å²) in [7, 11) is 0. The first-order valence-corrected chi connectivity index (χ1v) is 7.07. The van der Waals surface area contributed by atoms with Gasteiger partial charge < -0.3 is 5.32 Å². The van der Waals surface area contributed by atoms with Crippen LogP contribution in [0.5, 0.6) is 0 Å². The van der Waals surface area contributed by atoms with Crippen LogP contribution in [-0.4, -0.2) is 18.5 Å². The van der Waals surface area contributed by atoms with Gasteiger partial charge in [0.25, 0.3) is 0 Å². The molecule has 1 aliphatic rings. The summed E-state index contributed by atoms with van der Waals surface area (Å²) in [4.78, 5) is 1.25. The molecule has 5 heteroatoms. The smallest absolute Gasteiger partial charge is 0.310 e. The molecule has 1 aliphatic heterocycles. The minimum Gasteiger partial charge on any atom is -0.310 e. The van der Waals surface area contributed by atoms with Gasteiger partial charge in [0, 0.05) is 17.4 Å². The Bertz CT molecular complexity index is 392. The number of thioether (sulfide) groups is 1. The third-order valence-corrected chi connectivity index (χ3v) is 4.11. The van der Waals surface area contributed by atoms with Crippen molar-refractivity contribution >= 4 is 11.8 Å². The Hall–Kier alpha value is -0.680. The molecule has 0 saturated heterocycles. The average Bonchev–Trinajstić information content (AvgIpc) is 2.33. The molecule has 0 bridgehead atoms. The summed E-state index contributed by atoms with van der Waals surface area (Å²) in [5, 5.41) is 3.24. The molecule has 1 aromatic rings. The molecule has 1 aromatic carbocycles. The maximum absolute atomic E-state index is 12.0. The number of halogens is 3. The van der Waals surface area contributed by atoms with E-state index in [4.69, 9.17) is 0 Å². The SMILES string of the molecule is FC(F)(F)CCCNC1CCSc2ccccc21. The summed E-state index contributed by atoms with van der Waals surface area (Å²) in [5.41, 5.74) is 1.22. The van der Waals surface area contributed by atoms with Gasteiger partial charge in [0.15, 0.2) is 0 Å². The molecule has 1 atom stereocenters. The van der Waals surface area contributed by atoms with Crippen LogP contribution >= 0.6 is 11.8 Å². The molecule has 0 saturated carbocycles. The monoisotopic (exact) mass is 275 g/mol. The van der Waals surface area contributed by atoms with Crippen molar-refractivity contribution < 1.29 is 13.2 Å². The minimum atomic E-state index is -4.04. The molecule has 0 radical (unpaired) electrons. The van der Waals surface area contributed by atoms with Crippen LogP contribution in [0.25, 0.3) is 0 Å². The van der Waals surface area contributed by atoms with Gasteiger partial charge in [-0.15, -0.1) is 11.8 Å². The van der Waals surface area contributed by atoms with Gasteiger partial charge in [-0.1, -0.05) is 18.2 Å². The molecule has 0 aromatic heterocycles. The highest BCUT2D eigenvalue weighted by molar-refractivity contribution is 7.99. The lowest BCUT2D eigenvalue weighted by Crippen LogP contribution is -2.26. The van der Waals surface area contributed by atoms with Gasteiger partial charge in [-0.25, -0.2) is 0 Å². The second-order valence-corrected chi connectivity index (χ2v) is 5.54. The standard InChI is InChI=1S/C13H16F3NS/c14-13(15,16)7-3-8-17-11-6-9-18-12-5-2-1-4-10(11)12/h1-2,4-5,11,17H,3,6-9H2. The number of rotatable bonds is 4. The second kappa shape index (κ2) is 5.97. The topological polar surface area (TPSA) is 12.0 Å². The van der Waals surface area contributed by atoms with E-state index in [1.807, 2.05) is 23.9 Å². The highest BCUT2D eigenvalue weighted by Crippen LogP contribution is 2.35. The molecule has 1 nitrogen and oxygen atoms in total. The van der Waals surface area contributed by atoms with E-state index in [1.54, 1.807) is 0 Å². The first-order valence-electron chi connectivity index (χ1n) is 6.08. The summed E-state index contributed by atoms with van der Waals surface area (Å²) in [5.74, 6) is 1.02. The third-order valence-electron chi connectivity index (χ3n) is 2.99. The Morgan fingerprint density at radius 3 is 2.83 bits per heavy atom. The minimum absolute atomic E-state index is 0.148. The van der Waals surface area contributed by atoms with Crippen molar-refractivity contribution in [3.05, 3.63) is 29.8 Å². The molecule has 0 fully saturated rings. The summed E-state index contributed by atoms with van der Waals surface area (Å²) in [6.07, 6.45) is -3.62. The van der Waals surface area contributed by atoms with E-state index in [-0.39, 0.29) is 12.5 Å². The first kappa shape index (κ1) is 13.7. The van der Waals surface area contributed by atoms with E-state index in [1.165, 1.54) is 10.5 Å². The lowest BCUT2D eigenvalue weighted by Gasteiger charge is -2.26. The lowest BCUT2D eigenvalue weighted by molar-refractivity contribution is -0.135. The predicted octanol–water partition coefficient (Wildman–Crippen LogP) is 4.16. The summed E-state index contributed by atoms with van der Waals surface area (Å²) in [6, 6.07) is 8.31. The molecule has 1 unspecified atom stereocenters. The third kappa shape index (κ3) is 3.92. The van der Waals surface area contributed by atoms with Crippen LogP contribution in [0.1, 0.15) is 30.9 Å². The molecule has 18 heavy (non-hydrogen) atoms. The fourth-order valence-corrected chi connectivity index (χ4v) is 3.24. The number of benzene rings is 1. The van der Waals surface area contributed by atoms with Crippen LogP contribution in [0.15, 0.2) is 29.2 Å². The zero-order valence-electron chi connectivity index (χ0n) is 9.96. The van der Waals surface area contributed by atoms with Gasteiger partial charge in [-0.2, -0.15) is 13.2 Å². The Labute approximate surface area is 109 Å². The molecule has 1 heterocycles. The Morgan fingerprint density at radius 1 is 1.28 bits per heavy atom. The van der Waals surface area contributed by atoms with Crippen molar-refractivity contribution in [2.45, 2.75) is 36.4 Å². The van der Waals surface area contributed by atoms with E-state index < -0.39 is 12.6 Å². The van der Waals surface area contributed by atoms with E-state index in [0.29, 0.717) is 6.54 Å². The molecule has 2 rings (SSSR count). The number of hydrogen-bond acceptors (Lipinski definition) is 2. The Balaban J connectivity index is 1.84. The Morgan fingerprint density at radius 2 is 2.06 bits per heavy atom. The van der Waals surface area contributed by atoms with Crippen LogP contribution in [0, 0.1) is 0 Å². The fraction of sp³-hybridized carbons (Fsp3) is 0.538. The number of fused-ring (bicyclic) bond motifs is 1. The van der Waals surface area contributed by atoms with E-state index in [9.17, 15) is 13.2 Å². The van der Waals surface area contributed by atoms with Gasteiger partial charge >= 0.3 is 6.18 Å². The van der Waals surface area contributed by atoms with Crippen LogP contribution in [0.3, 0.4) is 0 Å². The highest BCUT2D eigenvalue weighted by Gasteiger charge is 2.26. The molecular weight excluding hydrogens is 259 g/mol. The zero-order chi connectivity index (χ0) is 13.0. The van der Waals surface area contributed by atoms with Crippen LogP contribution < -0.4 is 5.32 Å². The maximum atomic E-state index is 12.0. The summed E-state index contributed by atoms with van der Waals surface area (Å²) in [6.45, 7) is 0.420. The quantitative estimate of drug-likeness (QED) is 0.828.